The van der Waals surface area contributed by atoms with E-state index in [4.69, 9.17) is 9.05 Å². The summed E-state index contributed by atoms with van der Waals surface area (Å²) in [5.41, 5.74) is 0. The van der Waals surface area contributed by atoms with Gasteiger partial charge in [0.15, 0.2) is 0 Å². The predicted octanol–water partition coefficient (Wildman–Crippen LogP) is 12.5. The summed E-state index contributed by atoms with van der Waals surface area (Å²) in [4.78, 5) is 22.9. The molecule has 0 aliphatic rings. The van der Waals surface area contributed by atoms with Crippen molar-refractivity contribution >= 4 is 13.7 Å². The Kier molecular flexibility index (Phi) is 37.7. The average Bonchev–Trinajstić information content (AvgIpc) is 3.17. The summed E-state index contributed by atoms with van der Waals surface area (Å²) in [6, 6.07) is -0.782. The fraction of sp³-hybridized carbons (Fsp3) is 0.612. The molecule has 0 saturated heterocycles. The molecule has 330 valence electrons. The third-order valence-corrected chi connectivity index (χ3v) is 10.0. The van der Waals surface area contributed by atoms with E-state index in [-0.39, 0.29) is 19.1 Å². The molecule has 1 amide bonds. The van der Waals surface area contributed by atoms with Crippen LogP contribution in [0.4, 0.5) is 0 Å². The molecule has 8 nitrogen and oxygen atoms in total. The second-order valence-electron chi connectivity index (χ2n) is 15.7. The lowest BCUT2D eigenvalue weighted by Crippen LogP contribution is -2.46. The number of aliphatic hydroxyl groups excluding tert-OH is 1. The summed E-state index contributed by atoms with van der Waals surface area (Å²) in [5, 5.41) is 13.7. The van der Waals surface area contributed by atoms with Crippen molar-refractivity contribution < 1.29 is 32.9 Å². The third-order valence-electron chi connectivity index (χ3n) is 9.04. The molecule has 0 aromatic carbocycles. The Morgan fingerprint density at radius 2 is 1.03 bits per heavy atom. The Labute approximate surface area is 355 Å². The van der Waals surface area contributed by atoms with Gasteiger partial charge in [-0.25, -0.2) is 4.57 Å². The maximum absolute atomic E-state index is 12.8. The molecule has 58 heavy (non-hydrogen) atoms. The van der Waals surface area contributed by atoms with E-state index in [2.05, 4.69) is 129 Å². The number of hydrogen-bond acceptors (Lipinski definition) is 5. The second kappa shape index (κ2) is 39.6. The number of carbonyl (C=O) groups is 1. The summed E-state index contributed by atoms with van der Waals surface area (Å²) < 4.78 is 23.4. The zero-order valence-corrected chi connectivity index (χ0v) is 38.1. The lowest BCUT2D eigenvalue weighted by Gasteiger charge is -2.26. The fourth-order valence-corrected chi connectivity index (χ4v) is 6.24. The number of unbranched alkanes of at least 4 members (excludes halogenated alkanes) is 7. The molecule has 0 aromatic rings. The number of carbonyl (C=O) groups excluding carboxylic acids is 1. The summed E-state index contributed by atoms with van der Waals surface area (Å²) in [5.74, 6) is -0.190. The van der Waals surface area contributed by atoms with Crippen LogP contribution in [0.5, 0.6) is 0 Å². The van der Waals surface area contributed by atoms with Gasteiger partial charge in [0.25, 0.3) is 0 Å². The van der Waals surface area contributed by atoms with Crippen molar-refractivity contribution in [3.8, 4) is 0 Å². The van der Waals surface area contributed by atoms with Gasteiger partial charge in [0.1, 0.15) is 13.2 Å². The van der Waals surface area contributed by atoms with Gasteiger partial charge >= 0.3 is 7.82 Å². The molecule has 3 atom stereocenters. The number of phosphoric ester groups is 1. The largest absolute Gasteiger partial charge is 0.472 e. The molecule has 0 radical (unpaired) electrons. The fourth-order valence-electron chi connectivity index (χ4n) is 5.51. The molecule has 0 fully saturated rings. The highest BCUT2D eigenvalue weighted by Gasteiger charge is 2.28. The lowest BCUT2D eigenvalue weighted by atomic mass is 10.0. The maximum Gasteiger partial charge on any atom is 0.472 e. The number of aliphatic hydroxyl groups is 1. The minimum atomic E-state index is -4.32. The van der Waals surface area contributed by atoms with Gasteiger partial charge in [-0.05, 0) is 83.5 Å². The molecule has 0 saturated carbocycles. The molecule has 0 heterocycles. The molecule has 3 unspecified atom stereocenters. The molecule has 9 heteroatoms. The summed E-state index contributed by atoms with van der Waals surface area (Å²) in [6.07, 6.45) is 57.4. The van der Waals surface area contributed by atoms with E-state index in [1.807, 2.05) is 21.1 Å². The van der Waals surface area contributed by atoms with Crippen molar-refractivity contribution in [2.24, 2.45) is 0 Å². The van der Waals surface area contributed by atoms with Crippen molar-refractivity contribution in [2.75, 3.05) is 40.9 Å². The Hall–Kier alpha value is -2.84. The van der Waals surface area contributed by atoms with Crippen molar-refractivity contribution in [1.29, 1.82) is 0 Å². The molecular formula is C49H84N2O6P+. The van der Waals surface area contributed by atoms with E-state index in [9.17, 15) is 19.4 Å². The topological polar surface area (TPSA) is 105 Å². The van der Waals surface area contributed by atoms with Gasteiger partial charge in [-0.1, -0.05) is 162 Å². The first-order valence-electron chi connectivity index (χ1n) is 22.3. The van der Waals surface area contributed by atoms with E-state index in [1.54, 1.807) is 0 Å². The van der Waals surface area contributed by atoms with Crippen molar-refractivity contribution in [3.63, 3.8) is 0 Å². The highest BCUT2D eigenvalue weighted by Crippen LogP contribution is 2.43. The van der Waals surface area contributed by atoms with Crippen LogP contribution in [0.15, 0.2) is 109 Å². The Morgan fingerprint density at radius 3 is 1.48 bits per heavy atom. The molecule has 0 aromatic heterocycles. The molecular weight excluding hydrogens is 744 g/mol. The summed E-state index contributed by atoms with van der Waals surface area (Å²) in [6.45, 7) is 4.61. The van der Waals surface area contributed by atoms with Gasteiger partial charge in [-0.3, -0.25) is 13.8 Å². The molecule has 0 aliphatic carbocycles. The SMILES string of the molecule is CC/C=C\C/C=C\C/C=C\C/C=C\C/C=C\C/C=C\C/C=C\C/C=C\C/C=C\CCCCCC(=O)NC(COP(=O)(O)OCC[N+](C)(C)C)C(O)CCCCCCC. The third kappa shape index (κ3) is 41.3. The Bertz CT molecular complexity index is 1300. The van der Waals surface area contributed by atoms with Crippen LogP contribution in [0.2, 0.25) is 0 Å². The van der Waals surface area contributed by atoms with Gasteiger partial charge in [0, 0.05) is 6.42 Å². The average molecular weight is 828 g/mol. The van der Waals surface area contributed by atoms with Crippen molar-refractivity contribution in [1.82, 2.24) is 5.32 Å². The first-order valence-corrected chi connectivity index (χ1v) is 23.7. The minimum absolute atomic E-state index is 0.0601. The molecule has 0 rings (SSSR count). The van der Waals surface area contributed by atoms with E-state index in [0.29, 0.717) is 23.9 Å². The number of allylic oxidation sites excluding steroid dienone is 18. The van der Waals surface area contributed by atoms with Crippen LogP contribution >= 0.6 is 7.82 Å². The lowest BCUT2D eigenvalue weighted by molar-refractivity contribution is -0.870. The van der Waals surface area contributed by atoms with Gasteiger partial charge in [-0.2, -0.15) is 0 Å². The first kappa shape index (κ1) is 55.2. The number of rotatable bonds is 38. The van der Waals surface area contributed by atoms with Crippen LogP contribution in [0.25, 0.3) is 0 Å². The number of phosphoric acid groups is 1. The number of hydrogen-bond donors (Lipinski definition) is 3. The highest BCUT2D eigenvalue weighted by atomic mass is 31.2. The van der Waals surface area contributed by atoms with E-state index < -0.39 is 20.0 Å². The standard InChI is InChI=1S/C49H83N2O6P/c1-6-8-10-12-13-14-15-16-17-18-19-20-21-22-23-24-25-26-27-28-29-30-31-32-33-34-35-36-37-39-41-43-49(53)50-47(48(52)42-40-38-11-9-7-2)46-57-58(54,55)56-45-44-51(3,4)5/h8,10,13-14,16-17,19-20,22-23,25-26,28-29,31-32,34-35,47-48,52H,6-7,9,11-12,15,18,21,24,27,30,33,36-46H2,1-5H3,(H-,50,53,54,55)/p+1/b10-8-,14-13-,17-16-,20-19-,23-22-,26-25-,29-28-,32-31-,35-34-. The van der Waals surface area contributed by atoms with Crippen LogP contribution in [0.1, 0.15) is 142 Å². The maximum atomic E-state index is 12.8. The normalized spacial score (nSPS) is 15.4. The second-order valence-corrected chi connectivity index (χ2v) is 17.1. The van der Waals surface area contributed by atoms with Crippen LogP contribution in [0, 0.1) is 0 Å². The zero-order valence-electron chi connectivity index (χ0n) is 37.2. The highest BCUT2D eigenvalue weighted by molar-refractivity contribution is 7.47. The van der Waals surface area contributed by atoms with Crippen molar-refractivity contribution in [2.45, 2.75) is 154 Å². The molecule has 0 spiro atoms. The van der Waals surface area contributed by atoms with Gasteiger partial charge < -0.3 is 19.8 Å². The zero-order chi connectivity index (χ0) is 42.8. The first-order chi connectivity index (χ1) is 28.0. The van der Waals surface area contributed by atoms with E-state index >= 15 is 0 Å². The Morgan fingerprint density at radius 1 is 0.603 bits per heavy atom. The number of quaternary nitrogens is 1. The summed E-state index contributed by atoms with van der Waals surface area (Å²) in [7, 11) is 1.56. The van der Waals surface area contributed by atoms with Crippen molar-refractivity contribution in [3.05, 3.63) is 109 Å². The molecule has 3 N–H and O–H groups in total. The molecule has 0 aliphatic heterocycles. The van der Waals surface area contributed by atoms with Crippen LogP contribution < -0.4 is 5.32 Å². The monoisotopic (exact) mass is 828 g/mol. The van der Waals surface area contributed by atoms with Crippen LogP contribution in [-0.2, 0) is 18.4 Å². The quantitative estimate of drug-likeness (QED) is 0.0248. The van der Waals surface area contributed by atoms with Crippen LogP contribution in [-0.4, -0.2) is 73.4 Å². The van der Waals surface area contributed by atoms with Gasteiger partial charge in [0.05, 0.1) is 39.9 Å². The number of likely N-dealkylation sites (N-methyl/N-ethyl adjacent to an activating group) is 1. The summed E-state index contributed by atoms with van der Waals surface area (Å²) >= 11 is 0. The number of amides is 1. The number of nitrogens with one attached hydrogen (secondary N) is 1. The van der Waals surface area contributed by atoms with Gasteiger partial charge in [-0.15, -0.1) is 0 Å². The van der Waals surface area contributed by atoms with E-state index in [1.165, 1.54) is 0 Å². The minimum Gasteiger partial charge on any atom is -0.391 e. The van der Waals surface area contributed by atoms with E-state index in [0.717, 1.165) is 116 Å². The van der Waals surface area contributed by atoms with Gasteiger partial charge in [0.2, 0.25) is 5.91 Å². The predicted molar refractivity (Wildman–Crippen MR) is 249 cm³/mol. The Balaban J connectivity index is 4.16. The van der Waals surface area contributed by atoms with Crippen LogP contribution in [0.3, 0.4) is 0 Å². The molecule has 0 bridgehead atoms. The smallest absolute Gasteiger partial charge is 0.391 e. The number of nitrogens with zero attached hydrogens (tertiary/aromatic N) is 1.